The van der Waals surface area contributed by atoms with Crippen molar-refractivity contribution >= 4 is 108 Å². The van der Waals surface area contributed by atoms with Crippen LogP contribution in [0.5, 0.6) is 0 Å². The van der Waals surface area contributed by atoms with Crippen molar-refractivity contribution in [2.75, 3.05) is 0 Å². The first-order valence-corrected chi connectivity index (χ1v) is 15.4. The van der Waals surface area contributed by atoms with Gasteiger partial charge in [-0.1, -0.05) is 117 Å². The van der Waals surface area contributed by atoms with Gasteiger partial charge in [0, 0.05) is 39.3 Å². The zero-order valence-corrected chi connectivity index (χ0v) is 28.6. The van der Waals surface area contributed by atoms with Gasteiger partial charge in [-0.3, -0.25) is 0 Å². The Morgan fingerprint density at radius 3 is 1.08 bits per heavy atom. The first-order valence-electron chi connectivity index (χ1n) is 12.3. The molecule has 0 spiro atoms. The molecule has 0 fully saturated rings. The lowest BCUT2D eigenvalue weighted by Gasteiger charge is -2.18. The average Bonchev–Trinajstić information content (AvgIpc) is 3.33. The van der Waals surface area contributed by atoms with Crippen molar-refractivity contribution in [1.82, 2.24) is 0 Å². The Balaban J connectivity index is 0.000000153. The highest BCUT2D eigenvalue weighted by Gasteiger charge is 2.16. The summed E-state index contributed by atoms with van der Waals surface area (Å²) in [6.45, 7) is 13.0. The van der Waals surface area contributed by atoms with E-state index in [1.165, 1.54) is 16.3 Å². The molecule has 0 N–H and O–H groups in total. The summed E-state index contributed by atoms with van der Waals surface area (Å²) in [5.41, 5.74) is 5.18. The minimum absolute atomic E-state index is 0.147. The zero-order valence-electron chi connectivity index (χ0n) is 22.3. The molecule has 0 radical (unpaired) electrons. The van der Waals surface area contributed by atoms with Crippen molar-refractivity contribution in [3.05, 3.63) is 91.8 Å². The molecule has 0 aliphatic heterocycles. The van der Waals surface area contributed by atoms with E-state index in [0.717, 1.165) is 46.5 Å². The van der Waals surface area contributed by atoms with Crippen LogP contribution in [-0.4, -0.2) is 4.32 Å². The lowest BCUT2D eigenvalue weighted by molar-refractivity contribution is 0.587. The minimum atomic E-state index is 0.147. The number of hydrogen-bond donors (Lipinski definition) is 0. The van der Waals surface area contributed by atoms with E-state index in [1.54, 1.807) is 0 Å². The van der Waals surface area contributed by atoms with E-state index in [1.807, 2.05) is 30.3 Å². The number of furan rings is 2. The monoisotopic (exact) mass is 762 g/mol. The summed E-state index contributed by atoms with van der Waals surface area (Å²) < 4.78 is 15.1. The van der Waals surface area contributed by atoms with Crippen LogP contribution in [0, 0.1) is 0 Å². The molecule has 2 heterocycles. The third-order valence-corrected chi connectivity index (χ3v) is 7.18. The molecule has 4 aromatic carbocycles. The first kappa shape index (κ1) is 29.4. The molecule has 0 saturated carbocycles. The van der Waals surface area contributed by atoms with Crippen LogP contribution < -0.4 is 0 Å². The zero-order chi connectivity index (χ0) is 27.8. The molecule has 6 heteroatoms. The number of alkyl halides is 1. The van der Waals surface area contributed by atoms with Crippen LogP contribution in [0.15, 0.2) is 95.0 Å². The molecular weight excluding hydrogens is 736 g/mol. The second kappa shape index (κ2) is 11.5. The molecule has 0 unspecified atom stereocenters. The maximum absolute atomic E-state index is 5.94. The molecule has 0 saturated heterocycles. The number of rotatable bonds is 0. The fourth-order valence-corrected chi connectivity index (χ4v) is 4.96. The molecule has 0 aliphatic carbocycles. The Hall–Kier alpha value is -1.60. The van der Waals surface area contributed by atoms with E-state index >= 15 is 0 Å². The molecule has 6 aromatic rings. The van der Waals surface area contributed by atoms with Crippen molar-refractivity contribution in [2.45, 2.75) is 51.3 Å². The Bertz CT molecular complexity index is 1670. The molecule has 0 amide bonds. The van der Waals surface area contributed by atoms with Crippen LogP contribution in [0.25, 0.3) is 43.9 Å². The Morgan fingerprint density at radius 2 is 0.763 bits per heavy atom. The van der Waals surface area contributed by atoms with Gasteiger partial charge in [0.05, 0.1) is 0 Å². The van der Waals surface area contributed by atoms with Crippen molar-refractivity contribution < 1.29 is 8.83 Å². The highest BCUT2D eigenvalue weighted by atomic mass is 79.9. The molecule has 198 valence electrons. The molecule has 2 nitrogen and oxygen atoms in total. The van der Waals surface area contributed by atoms with Crippen molar-refractivity contribution in [3.63, 3.8) is 0 Å². The maximum Gasteiger partial charge on any atom is 0.136 e. The smallest absolute Gasteiger partial charge is 0.136 e. The van der Waals surface area contributed by atoms with Crippen molar-refractivity contribution in [3.8, 4) is 0 Å². The van der Waals surface area contributed by atoms with Gasteiger partial charge in [-0.2, -0.15) is 0 Å². The van der Waals surface area contributed by atoms with E-state index in [-0.39, 0.29) is 5.41 Å². The minimum Gasteiger partial charge on any atom is -0.456 e. The number of hydrogen-bond acceptors (Lipinski definition) is 2. The fraction of sp³-hybridized carbons (Fsp3) is 0.250. The SMILES string of the molecule is Brc1ccc2c(c1)oc1cc(Br)ccc12.CC(C)(C)Br.CC(C)(C)c1ccc2c(c1)oc1cc(Br)ccc12. The molecule has 0 bridgehead atoms. The highest BCUT2D eigenvalue weighted by Crippen LogP contribution is 2.34. The van der Waals surface area contributed by atoms with Gasteiger partial charge in [-0.15, -0.1) is 0 Å². The van der Waals surface area contributed by atoms with Gasteiger partial charge in [-0.05, 0) is 71.6 Å². The van der Waals surface area contributed by atoms with Crippen LogP contribution in [0.4, 0.5) is 0 Å². The molecule has 38 heavy (non-hydrogen) atoms. The lowest BCUT2D eigenvalue weighted by atomic mass is 9.87. The van der Waals surface area contributed by atoms with Crippen molar-refractivity contribution in [1.29, 1.82) is 0 Å². The fourth-order valence-electron chi connectivity index (χ4n) is 3.94. The first-order chi connectivity index (χ1) is 17.7. The largest absolute Gasteiger partial charge is 0.456 e. The second-order valence-corrected chi connectivity index (χ2v) is 16.3. The van der Waals surface area contributed by atoms with Gasteiger partial charge in [0.15, 0.2) is 0 Å². The van der Waals surface area contributed by atoms with Crippen molar-refractivity contribution in [2.24, 2.45) is 0 Å². The van der Waals surface area contributed by atoms with Gasteiger partial charge < -0.3 is 8.83 Å². The van der Waals surface area contributed by atoms with E-state index in [9.17, 15) is 0 Å². The number of benzene rings is 4. The van der Waals surface area contributed by atoms with Gasteiger partial charge in [0.25, 0.3) is 0 Å². The van der Waals surface area contributed by atoms with Gasteiger partial charge in [0.1, 0.15) is 22.3 Å². The standard InChI is InChI=1S/C16H15BrO.C12H6Br2O.C4H9Br/c1-16(2,3)10-4-6-12-13-7-5-11(17)9-15(13)18-14(12)8-10;13-7-1-3-9-10-4-2-8(14)6-12(10)15-11(9)5-7;1-4(2,3)5/h4-9H,1-3H3;1-6H;1-3H3. The van der Waals surface area contributed by atoms with Crippen LogP contribution >= 0.6 is 63.7 Å². The van der Waals surface area contributed by atoms with Crippen LogP contribution in [0.3, 0.4) is 0 Å². The van der Waals surface area contributed by atoms with Crippen LogP contribution in [0.1, 0.15) is 47.1 Å². The Labute approximate surface area is 257 Å². The summed E-state index contributed by atoms with van der Waals surface area (Å²) in [5.74, 6) is 0. The molecule has 2 aromatic heterocycles. The summed E-state index contributed by atoms with van der Waals surface area (Å²) >= 11 is 13.7. The molecular formula is C32H30Br4O2. The summed E-state index contributed by atoms with van der Waals surface area (Å²) in [4.78, 5) is 0. The highest BCUT2D eigenvalue weighted by molar-refractivity contribution is 9.11. The maximum atomic E-state index is 5.94. The third-order valence-electron chi connectivity index (χ3n) is 5.70. The predicted octanol–water partition coefficient (Wildman–Crippen LogP) is 12.9. The summed E-state index contributed by atoms with van der Waals surface area (Å²) in [7, 11) is 0. The topological polar surface area (TPSA) is 26.3 Å². The normalized spacial score (nSPS) is 11.9. The van der Waals surface area contributed by atoms with Gasteiger partial charge >= 0.3 is 0 Å². The summed E-state index contributed by atoms with van der Waals surface area (Å²) in [5, 5.41) is 4.67. The van der Waals surface area contributed by atoms with Gasteiger partial charge in [0.2, 0.25) is 0 Å². The van der Waals surface area contributed by atoms with Gasteiger partial charge in [-0.25, -0.2) is 0 Å². The Kier molecular flexibility index (Phi) is 8.88. The third kappa shape index (κ3) is 7.32. The number of halogens is 4. The quantitative estimate of drug-likeness (QED) is 0.144. The summed E-state index contributed by atoms with van der Waals surface area (Å²) in [6, 6.07) is 24.9. The summed E-state index contributed by atoms with van der Waals surface area (Å²) in [6.07, 6.45) is 0. The van der Waals surface area contributed by atoms with E-state index < -0.39 is 0 Å². The second-order valence-electron chi connectivity index (χ2n) is 11.2. The van der Waals surface area contributed by atoms with E-state index in [4.69, 9.17) is 8.83 Å². The predicted molar refractivity (Wildman–Crippen MR) is 178 cm³/mol. The Morgan fingerprint density at radius 1 is 0.474 bits per heavy atom. The van der Waals surface area contributed by atoms with Crippen LogP contribution in [-0.2, 0) is 5.41 Å². The molecule has 0 atom stereocenters. The van der Waals surface area contributed by atoms with E-state index in [0.29, 0.717) is 4.32 Å². The lowest BCUT2D eigenvalue weighted by Crippen LogP contribution is -2.10. The average molecular weight is 766 g/mol. The molecule has 0 aliphatic rings. The number of fused-ring (bicyclic) bond motifs is 6. The van der Waals surface area contributed by atoms with E-state index in [2.05, 4.69) is 148 Å². The van der Waals surface area contributed by atoms with Crippen LogP contribution in [0.2, 0.25) is 0 Å². The molecule has 6 rings (SSSR count).